The third kappa shape index (κ3) is 5.67. The second kappa shape index (κ2) is 9.70. The van der Waals surface area contributed by atoms with E-state index < -0.39 is 0 Å². The molecule has 1 saturated carbocycles. The molecule has 3 aromatic rings. The van der Waals surface area contributed by atoms with E-state index in [4.69, 9.17) is 4.74 Å². The van der Waals surface area contributed by atoms with Gasteiger partial charge in [-0.3, -0.25) is 14.2 Å². The van der Waals surface area contributed by atoms with Crippen LogP contribution in [0.3, 0.4) is 0 Å². The maximum Gasteiger partial charge on any atom is 0.230 e. The van der Waals surface area contributed by atoms with Gasteiger partial charge < -0.3 is 15.4 Å². The zero-order valence-electron chi connectivity index (χ0n) is 17.2. The van der Waals surface area contributed by atoms with Gasteiger partial charge in [0.2, 0.25) is 11.8 Å². The standard InChI is InChI=1S/C23H24N4O3S/c1-30-20-10-8-19(9-11-20)27-13-12-24-23(27)31-15-21(28)25-14-16-2-6-18(7-3-16)26-22(29)17-4-5-17/h2-3,6-13,17H,4-5,14-15H2,1H3,(H,25,28)(H,26,29). The first-order chi connectivity index (χ1) is 15.1. The largest absolute Gasteiger partial charge is 0.497 e. The highest BCUT2D eigenvalue weighted by Gasteiger charge is 2.29. The summed E-state index contributed by atoms with van der Waals surface area (Å²) in [5, 5.41) is 6.58. The number of imidazole rings is 1. The number of benzene rings is 2. The van der Waals surface area contributed by atoms with Crippen LogP contribution in [0.1, 0.15) is 18.4 Å². The van der Waals surface area contributed by atoms with Crippen LogP contribution in [0.25, 0.3) is 5.69 Å². The lowest BCUT2D eigenvalue weighted by Crippen LogP contribution is -2.24. The van der Waals surface area contributed by atoms with Crippen LogP contribution >= 0.6 is 11.8 Å². The molecule has 7 nitrogen and oxygen atoms in total. The molecule has 0 aliphatic heterocycles. The number of carbonyl (C=O) groups is 2. The predicted molar refractivity (Wildman–Crippen MR) is 120 cm³/mol. The SMILES string of the molecule is COc1ccc(-n2ccnc2SCC(=O)NCc2ccc(NC(=O)C3CC3)cc2)cc1. The first-order valence-electron chi connectivity index (χ1n) is 10.1. The summed E-state index contributed by atoms with van der Waals surface area (Å²) in [5.74, 6) is 1.25. The number of nitrogens with one attached hydrogen (secondary N) is 2. The average molecular weight is 437 g/mol. The van der Waals surface area contributed by atoms with E-state index in [0.717, 1.165) is 40.7 Å². The quantitative estimate of drug-likeness (QED) is 0.500. The topological polar surface area (TPSA) is 85.2 Å². The highest BCUT2D eigenvalue weighted by molar-refractivity contribution is 7.99. The second-order valence-corrected chi connectivity index (χ2v) is 8.25. The molecule has 1 aliphatic carbocycles. The van der Waals surface area contributed by atoms with Gasteiger partial charge in [0.15, 0.2) is 5.16 Å². The number of nitrogens with zero attached hydrogens (tertiary/aromatic N) is 2. The molecule has 0 bridgehead atoms. The first-order valence-corrected chi connectivity index (χ1v) is 11.1. The van der Waals surface area contributed by atoms with Crippen LogP contribution in [-0.4, -0.2) is 34.2 Å². The summed E-state index contributed by atoms with van der Waals surface area (Å²) in [7, 11) is 1.63. The molecule has 1 fully saturated rings. The fourth-order valence-corrected chi connectivity index (χ4v) is 3.82. The molecule has 0 radical (unpaired) electrons. The highest BCUT2D eigenvalue weighted by atomic mass is 32.2. The molecule has 1 aromatic heterocycles. The van der Waals surface area contributed by atoms with Crippen LogP contribution in [-0.2, 0) is 16.1 Å². The van der Waals surface area contributed by atoms with Crippen LogP contribution < -0.4 is 15.4 Å². The third-order valence-corrected chi connectivity index (χ3v) is 5.92. The predicted octanol–water partition coefficient (Wildman–Crippen LogP) is 3.64. The van der Waals surface area contributed by atoms with Crippen molar-refractivity contribution in [3.05, 3.63) is 66.5 Å². The van der Waals surface area contributed by atoms with E-state index >= 15 is 0 Å². The van der Waals surface area contributed by atoms with Crippen LogP contribution in [0.2, 0.25) is 0 Å². The van der Waals surface area contributed by atoms with E-state index in [1.807, 2.05) is 59.3 Å². The Bertz CT molecular complexity index is 1040. The number of amides is 2. The molecule has 1 aliphatic rings. The van der Waals surface area contributed by atoms with Crippen molar-refractivity contribution >= 4 is 29.3 Å². The Morgan fingerprint density at radius 1 is 1.13 bits per heavy atom. The normalized spacial score (nSPS) is 12.9. The summed E-state index contributed by atoms with van der Waals surface area (Å²) in [6.07, 6.45) is 5.54. The number of ether oxygens (including phenoxy) is 1. The Balaban J connectivity index is 1.25. The smallest absolute Gasteiger partial charge is 0.230 e. The Kier molecular flexibility index (Phi) is 6.57. The van der Waals surface area contributed by atoms with Gasteiger partial charge >= 0.3 is 0 Å². The minimum atomic E-state index is -0.0691. The molecular formula is C23H24N4O3S. The number of carbonyl (C=O) groups excluding carboxylic acids is 2. The van der Waals surface area contributed by atoms with Crippen LogP contribution in [0.15, 0.2) is 66.1 Å². The van der Waals surface area contributed by atoms with Crippen molar-refractivity contribution in [3.8, 4) is 11.4 Å². The molecule has 0 atom stereocenters. The molecule has 2 amide bonds. The van der Waals surface area contributed by atoms with Crippen molar-refractivity contribution in [1.82, 2.24) is 14.9 Å². The zero-order chi connectivity index (χ0) is 21.6. The highest BCUT2D eigenvalue weighted by Crippen LogP contribution is 2.30. The summed E-state index contributed by atoms with van der Waals surface area (Å²) in [6, 6.07) is 15.2. The van der Waals surface area contributed by atoms with Crippen molar-refractivity contribution in [2.75, 3.05) is 18.2 Å². The fraction of sp³-hybridized carbons (Fsp3) is 0.261. The van der Waals surface area contributed by atoms with Gasteiger partial charge in [0.25, 0.3) is 0 Å². The molecule has 1 heterocycles. The fourth-order valence-electron chi connectivity index (χ4n) is 3.01. The number of methoxy groups -OCH3 is 1. The molecule has 0 saturated heterocycles. The van der Waals surface area contributed by atoms with Gasteiger partial charge in [0, 0.05) is 36.2 Å². The van der Waals surface area contributed by atoms with Crippen molar-refractivity contribution in [3.63, 3.8) is 0 Å². The van der Waals surface area contributed by atoms with E-state index in [0.29, 0.717) is 6.54 Å². The van der Waals surface area contributed by atoms with Gasteiger partial charge in [0.1, 0.15) is 5.75 Å². The van der Waals surface area contributed by atoms with Gasteiger partial charge in [-0.15, -0.1) is 0 Å². The Morgan fingerprint density at radius 3 is 2.55 bits per heavy atom. The molecule has 0 spiro atoms. The Hall–Kier alpha value is -3.26. The van der Waals surface area contributed by atoms with E-state index in [9.17, 15) is 9.59 Å². The maximum atomic E-state index is 12.3. The lowest BCUT2D eigenvalue weighted by Gasteiger charge is -2.09. The van der Waals surface area contributed by atoms with Crippen molar-refractivity contribution in [1.29, 1.82) is 0 Å². The van der Waals surface area contributed by atoms with E-state index in [1.54, 1.807) is 13.3 Å². The lowest BCUT2D eigenvalue weighted by molar-refractivity contribution is -0.119. The average Bonchev–Trinajstić information content (AvgIpc) is 3.55. The molecule has 31 heavy (non-hydrogen) atoms. The van der Waals surface area contributed by atoms with E-state index in [2.05, 4.69) is 15.6 Å². The van der Waals surface area contributed by atoms with Gasteiger partial charge in [-0.05, 0) is 54.8 Å². The first kappa shape index (κ1) is 21.0. The van der Waals surface area contributed by atoms with E-state index in [-0.39, 0.29) is 23.5 Å². The summed E-state index contributed by atoms with van der Waals surface area (Å²) in [6.45, 7) is 0.434. The van der Waals surface area contributed by atoms with Crippen molar-refractivity contribution < 1.29 is 14.3 Å². The van der Waals surface area contributed by atoms with Crippen LogP contribution in [0.4, 0.5) is 5.69 Å². The molecule has 160 valence electrons. The Labute approximate surface area is 185 Å². The van der Waals surface area contributed by atoms with Crippen molar-refractivity contribution in [2.24, 2.45) is 5.92 Å². The molecular weight excluding hydrogens is 412 g/mol. The lowest BCUT2D eigenvalue weighted by atomic mass is 10.2. The van der Waals surface area contributed by atoms with Crippen molar-refractivity contribution in [2.45, 2.75) is 24.5 Å². The van der Waals surface area contributed by atoms with Gasteiger partial charge in [-0.1, -0.05) is 23.9 Å². The van der Waals surface area contributed by atoms with Gasteiger partial charge in [-0.25, -0.2) is 4.98 Å². The second-order valence-electron chi connectivity index (χ2n) is 7.30. The minimum absolute atomic E-state index is 0.0691. The molecule has 0 unspecified atom stereocenters. The molecule has 8 heteroatoms. The van der Waals surface area contributed by atoms with Crippen LogP contribution in [0, 0.1) is 5.92 Å². The molecule has 2 N–H and O–H groups in total. The summed E-state index contributed by atoms with van der Waals surface area (Å²) in [5.41, 5.74) is 2.71. The third-order valence-electron chi connectivity index (χ3n) is 4.95. The number of hydrogen-bond donors (Lipinski definition) is 2. The summed E-state index contributed by atoms with van der Waals surface area (Å²) >= 11 is 1.38. The summed E-state index contributed by atoms with van der Waals surface area (Å²) < 4.78 is 7.13. The maximum absolute atomic E-state index is 12.3. The summed E-state index contributed by atoms with van der Waals surface area (Å²) in [4.78, 5) is 28.5. The Morgan fingerprint density at radius 2 is 1.87 bits per heavy atom. The minimum Gasteiger partial charge on any atom is -0.497 e. The van der Waals surface area contributed by atoms with Crippen LogP contribution in [0.5, 0.6) is 5.75 Å². The van der Waals surface area contributed by atoms with Gasteiger partial charge in [0.05, 0.1) is 12.9 Å². The van der Waals surface area contributed by atoms with E-state index in [1.165, 1.54) is 11.8 Å². The number of anilines is 1. The number of hydrogen-bond acceptors (Lipinski definition) is 5. The molecule has 4 rings (SSSR count). The monoisotopic (exact) mass is 436 g/mol. The number of rotatable bonds is 9. The number of aromatic nitrogens is 2. The zero-order valence-corrected chi connectivity index (χ0v) is 18.0. The number of thioether (sulfide) groups is 1. The molecule has 2 aromatic carbocycles. The van der Waals surface area contributed by atoms with Gasteiger partial charge in [-0.2, -0.15) is 0 Å².